The third-order valence-electron chi connectivity index (χ3n) is 2.68. The molecule has 2 rings (SSSR count). The Kier molecular flexibility index (Phi) is 3.28. The molecule has 3 nitrogen and oxygen atoms in total. The fourth-order valence-electron chi connectivity index (χ4n) is 1.92. The molecule has 0 bridgehead atoms. The normalized spacial score (nSPS) is 11.4. The molecule has 2 aromatic rings. The van der Waals surface area contributed by atoms with Crippen molar-refractivity contribution in [2.24, 2.45) is 0 Å². The Morgan fingerprint density at radius 2 is 2.12 bits per heavy atom. The van der Waals surface area contributed by atoms with Crippen LogP contribution in [-0.4, -0.2) is 23.2 Å². The number of benzene rings is 1. The molecule has 1 N–H and O–H groups in total. The highest BCUT2D eigenvalue weighted by atomic mass is 19.3. The van der Waals surface area contributed by atoms with E-state index in [4.69, 9.17) is 9.84 Å². The first-order chi connectivity index (χ1) is 8.15. The van der Waals surface area contributed by atoms with E-state index in [0.29, 0.717) is 17.0 Å². The number of halogens is 2. The highest BCUT2D eigenvalue weighted by molar-refractivity contribution is 5.82. The molecule has 17 heavy (non-hydrogen) atoms. The molecule has 0 saturated carbocycles. The van der Waals surface area contributed by atoms with Crippen molar-refractivity contribution in [1.82, 2.24) is 4.57 Å². The van der Waals surface area contributed by atoms with Gasteiger partial charge in [-0.05, 0) is 24.3 Å². The number of aliphatic hydroxyl groups excluding tert-OH is 1. The van der Waals surface area contributed by atoms with Gasteiger partial charge >= 0.3 is 0 Å². The van der Waals surface area contributed by atoms with E-state index < -0.39 is 13.0 Å². The Morgan fingerprint density at radius 3 is 2.71 bits per heavy atom. The van der Waals surface area contributed by atoms with Gasteiger partial charge in [-0.25, -0.2) is 8.78 Å². The molecule has 5 heteroatoms. The number of hydrogen-bond donors (Lipinski definition) is 1. The van der Waals surface area contributed by atoms with E-state index in [0.717, 1.165) is 5.39 Å². The third-order valence-corrected chi connectivity index (χ3v) is 2.68. The molecule has 0 aliphatic heterocycles. The summed E-state index contributed by atoms with van der Waals surface area (Å²) in [5.41, 5.74) is 1.16. The summed E-state index contributed by atoms with van der Waals surface area (Å²) in [5.74, 6) is 0.663. The van der Waals surface area contributed by atoms with Crippen LogP contribution in [0.2, 0.25) is 0 Å². The number of fused-ring (bicyclic) bond motifs is 1. The van der Waals surface area contributed by atoms with Gasteiger partial charge in [-0.15, -0.1) is 0 Å². The minimum atomic E-state index is -2.45. The van der Waals surface area contributed by atoms with Crippen LogP contribution in [0.15, 0.2) is 24.3 Å². The standard InChI is InChI=1S/C12H13F2NO2/c1-17-10-2-3-11-8(5-10)4-9(7-16)15(11)6-12(13)14/h2-5,12,16H,6-7H2,1H3. The second-order valence-electron chi connectivity index (χ2n) is 3.72. The maximum absolute atomic E-state index is 12.5. The Labute approximate surface area is 97.2 Å². The maximum atomic E-state index is 12.5. The maximum Gasteiger partial charge on any atom is 0.256 e. The molecular formula is C12H13F2NO2. The molecule has 0 fully saturated rings. The average molecular weight is 241 g/mol. The number of nitrogens with zero attached hydrogens (tertiary/aromatic N) is 1. The summed E-state index contributed by atoms with van der Waals surface area (Å²) in [5, 5.41) is 9.95. The van der Waals surface area contributed by atoms with Gasteiger partial charge < -0.3 is 14.4 Å². The van der Waals surface area contributed by atoms with Gasteiger partial charge in [0.1, 0.15) is 5.75 Å². The predicted molar refractivity (Wildman–Crippen MR) is 60.4 cm³/mol. The number of methoxy groups -OCH3 is 1. The Balaban J connectivity index is 2.55. The number of hydrogen-bond acceptors (Lipinski definition) is 2. The third kappa shape index (κ3) is 2.24. The van der Waals surface area contributed by atoms with Crippen LogP contribution in [0.25, 0.3) is 10.9 Å². The number of rotatable bonds is 4. The van der Waals surface area contributed by atoms with Gasteiger partial charge in [0.15, 0.2) is 0 Å². The Morgan fingerprint density at radius 1 is 1.35 bits per heavy atom. The minimum absolute atomic E-state index is 0.260. The van der Waals surface area contributed by atoms with Crippen molar-refractivity contribution in [1.29, 1.82) is 0 Å². The first-order valence-corrected chi connectivity index (χ1v) is 5.21. The zero-order valence-corrected chi connectivity index (χ0v) is 9.36. The van der Waals surface area contributed by atoms with E-state index >= 15 is 0 Å². The molecule has 0 aliphatic rings. The van der Waals surface area contributed by atoms with Crippen molar-refractivity contribution in [2.45, 2.75) is 19.6 Å². The summed E-state index contributed by atoms with van der Waals surface area (Å²) < 4.78 is 31.4. The molecular weight excluding hydrogens is 228 g/mol. The second-order valence-corrected chi connectivity index (χ2v) is 3.72. The smallest absolute Gasteiger partial charge is 0.256 e. The van der Waals surface area contributed by atoms with Gasteiger partial charge in [-0.1, -0.05) is 0 Å². The van der Waals surface area contributed by atoms with Crippen LogP contribution in [0.1, 0.15) is 5.69 Å². The van der Waals surface area contributed by atoms with Crippen LogP contribution < -0.4 is 4.74 Å². The number of alkyl halides is 2. The average Bonchev–Trinajstić information content (AvgIpc) is 2.65. The van der Waals surface area contributed by atoms with Crippen LogP contribution in [0, 0.1) is 0 Å². The van der Waals surface area contributed by atoms with Crippen molar-refractivity contribution in [2.75, 3.05) is 7.11 Å². The lowest BCUT2D eigenvalue weighted by Gasteiger charge is -2.08. The summed E-state index contributed by atoms with van der Waals surface area (Å²) in [7, 11) is 1.55. The minimum Gasteiger partial charge on any atom is -0.497 e. The number of aliphatic hydroxyl groups is 1. The molecule has 0 unspecified atom stereocenters. The second kappa shape index (κ2) is 4.71. The van der Waals surface area contributed by atoms with Crippen molar-refractivity contribution >= 4 is 10.9 Å². The topological polar surface area (TPSA) is 34.4 Å². The van der Waals surface area contributed by atoms with Gasteiger partial charge in [0, 0.05) is 16.6 Å². The van der Waals surface area contributed by atoms with Crippen LogP contribution in [0.5, 0.6) is 5.75 Å². The molecule has 0 aliphatic carbocycles. The van der Waals surface area contributed by atoms with Gasteiger partial charge in [0.25, 0.3) is 6.43 Å². The van der Waals surface area contributed by atoms with Crippen LogP contribution >= 0.6 is 0 Å². The molecule has 1 aromatic heterocycles. The molecule has 0 spiro atoms. The highest BCUT2D eigenvalue weighted by Gasteiger charge is 2.12. The van der Waals surface area contributed by atoms with Crippen LogP contribution in [0.3, 0.4) is 0 Å². The lowest BCUT2D eigenvalue weighted by atomic mass is 10.2. The van der Waals surface area contributed by atoms with Crippen molar-refractivity contribution in [3.05, 3.63) is 30.0 Å². The number of ether oxygens (including phenoxy) is 1. The van der Waals surface area contributed by atoms with E-state index in [-0.39, 0.29) is 6.61 Å². The summed E-state index contributed by atoms with van der Waals surface area (Å²) >= 11 is 0. The first-order valence-electron chi connectivity index (χ1n) is 5.21. The predicted octanol–water partition coefficient (Wildman–Crippen LogP) is 2.41. The zero-order valence-electron chi connectivity index (χ0n) is 9.36. The first kappa shape index (κ1) is 11.9. The molecule has 0 amide bonds. The van der Waals surface area contributed by atoms with Gasteiger partial charge in [-0.3, -0.25) is 0 Å². The lowest BCUT2D eigenvalue weighted by Crippen LogP contribution is -2.09. The molecule has 92 valence electrons. The lowest BCUT2D eigenvalue weighted by molar-refractivity contribution is 0.125. The van der Waals surface area contributed by atoms with E-state index in [2.05, 4.69) is 0 Å². The van der Waals surface area contributed by atoms with Crippen LogP contribution in [0.4, 0.5) is 8.78 Å². The molecule has 0 atom stereocenters. The van der Waals surface area contributed by atoms with Gasteiger partial charge in [-0.2, -0.15) is 0 Å². The van der Waals surface area contributed by atoms with Crippen LogP contribution in [-0.2, 0) is 13.2 Å². The molecule has 1 heterocycles. The van der Waals surface area contributed by atoms with Gasteiger partial charge in [0.05, 0.1) is 20.3 Å². The van der Waals surface area contributed by atoms with Crippen molar-refractivity contribution in [3.63, 3.8) is 0 Å². The fraction of sp³-hybridized carbons (Fsp3) is 0.333. The molecule has 0 radical (unpaired) electrons. The van der Waals surface area contributed by atoms with E-state index in [1.807, 2.05) is 0 Å². The van der Waals surface area contributed by atoms with E-state index in [9.17, 15) is 8.78 Å². The van der Waals surface area contributed by atoms with E-state index in [1.54, 1.807) is 31.4 Å². The largest absolute Gasteiger partial charge is 0.497 e. The monoisotopic (exact) mass is 241 g/mol. The van der Waals surface area contributed by atoms with Crippen molar-refractivity contribution < 1.29 is 18.6 Å². The zero-order chi connectivity index (χ0) is 12.4. The van der Waals surface area contributed by atoms with Crippen molar-refractivity contribution in [3.8, 4) is 5.75 Å². The van der Waals surface area contributed by atoms with E-state index in [1.165, 1.54) is 4.57 Å². The summed E-state index contributed by atoms with van der Waals surface area (Å²) in [6.45, 7) is -0.671. The fourth-order valence-corrected chi connectivity index (χ4v) is 1.92. The molecule has 0 saturated heterocycles. The summed E-state index contributed by atoms with van der Waals surface area (Å²) in [6.07, 6.45) is -2.45. The van der Waals surface area contributed by atoms with Gasteiger partial charge in [0.2, 0.25) is 0 Å². The molecule has 1 aromatic carbocycles. The number of aromatic nitrogens is 1. The highest BCUT2D eigenvalue weighted by Crippen LogP contribution is 2.25. The summed E-state index contributed by atoms with van der Waals surface area (Å²) in [4.78, 5) is 0. The SMILES string of the molecule is COc1ccc2c(c1)cc(CO)n2CC(F)F. The Bertz CT molecular complexity index is 522. The summed E-state index contributed by atoms with van der Waals surface area (Å²) in [6, 6.07) is 6.89. The Hall–Kier alpha value is -1.62. The quantitative estimate of drug-likeness (QED) is 0.892.